The topological polar surface area (TPSA) is 27.7 Å². The van der Waals surface area contributed by atoms with Gasteiger partial charge in [0.05, 0.1) is 19.8 Å². The minimum absolute atomic E-state index is 0.682. The van der Waals surface area contributed by atoms with Gasteiger partial charge in [0.1, 0.15) is 0 Å². The number of rotatable bonds is 10. The van der Waals surface area contributed by atoms with Gasteiger partial charge in [-0.3, -0.25) is 0 Å². The second kappa shape index (κ2) is 11.5. The van der Waals surface area contributed by atoms with Gasteiger partial charge in [-0.05, 0) is 6.92 Å². The molecule has 0 unspecified atom stereocenters. The first kappa shape index (κ1) is 14.4. The molecular formula is C10H23AlO3. The highest BCUT2D eigenvalue weighted by atomic mass is 27.2. The van der Waals surface area contributed by atoms with Crippen molar-refractivity contribution in [2.24, 2.45) is 0 Å². The summed E-state index contributed by atoms with van der Waals surface area (Å²) in [5.41, 5.74) is 0. The number of ether oxygens (including phenoxy) is 2. The van der Waals surface area contributed by atoms with Crippen LogP contribution in [0.3, 0.4) is 0 Å². The van der Waals surface area contributed by atoms with E-state index in [0.29, 0.717) is 19.8 Å². The van der Waals surface area contributed by atoms with Crippen LogP contribution in [0.5, 0.6) is 0 Å². The van der Waals surface area contributed by atoms with Crippen molar-refractivity contribution in [1.82, 2.24) is 0 Å². The van der Waals surface area contributed by atoms with Gasteiger partial charge in [-0.25, -0.2) is 0 Å². The fraction of sp³-hybridized carbons (Fsp3) is 1.00. The van der Waals surface area contributed by atoms with Crippen LogP contribution >= 0.6 is 0 Å². The summed E-state index contributed by atoms with van der Waals surface area (Å²) in [6, 6.07) is 0. The molecule has 0 radical (unpaired) electrons. The Morgan fingerprint density at radius 1 is 0.786 bits per heavy atom. The first-order valence-corrected chi connectivity index (χ1v) is 7.72. The van der Waals surface area contributed by atoms with Crippen LogP contribution in [0.25, 0.3) is 0 Å². The monoisotopic (exact) mass is 218 g/mol. The molecule has 0 heterocycles. The van der Waals surface area contributed by atoms with E-state index in [-0.39, 0.29) is 0 Å². The van der Waals surface area contributed by atoms with E-state index in [1.54, 1.807) is 0 Å². The van der Waals surface area contributed by atoms with Crippen LogP contribution in [0.1, 0.15) is 20.8 Å². The standard InChI is InChI=1S/C6H13O3.2C2H5.Al/c1-2-8-5-6-9-4-3-7;2*1-2;/h2-6H2,1H3;2*1H2,2H3;/q-1;;;+1. The largest absolute Gasteiger partial charge is 0.499 e. The summed E-state index contributed by atoms with van der Waals surface area (Å²) in [7, 11) is 0. The Bertz CT molecular complexity index is 108. The van der Waals surface area contributed by atoms with Gasteiger partial charge in [0, 0.05) is 13.2 Å². The predicted molar refractivity (Wildman–Crippen MR) is 60.0 cm³/mol. The molecule has 0 aromatic heterocycles. The van der Waals surface area contributed by atoms with Crippen molar-refractivity contribution in [3.8, 4) is 0 Å². The second-order valence-electron chi connectivity index (χ2n) is 3.12. The molecule has 0 aliphatic carbocycles. The fourth-order valence-corrected chi connectivity index (χ4v) is 2.64. The van der Waals surface area contributed by atoms with Crippen LogP contribution in [0.4, 0.5) is 0 Å². The van der Waals surface area contributed by atoms with Crippen LogP contribution < -0.4 is 0 Å². The van der Waals surface area contributed by atoms with Crippen LogP contribution in [-0.4, -0.2) is 47.5 Å². The Balaban J connectivity index is 3.04. The highest BCUT2D eigenvalue weighted by Crippen LogP contribution is 1.99. The molecule has 0 aliphatic heterocycles. The van der Waals surface area contributed by atoms with E-state index in [2.05, 4.69) is 13.8 Å². The Kier molecular flexibility index (Phi) is 11.8. The first-order chi connectivity index (χ1) is 6.85. The second-order valence-corrected chi connectivity index (χ2v) is 6.33. The number of hydrogen-bond donors (Lipinski definition) is 0. The minimum atomic E-state index is -0.868. The smallest absolute Gasteiger partial charge is 0.460 e. The third kappa shape index (κ3) is 8.99. The lowest BCUT2D eigenvalue weighted by atomic mass is 10.7. The number of hydrogen-bond acceptors (Lipinski definition) is 3. The van der Waals surface area contributed by atoms with Crippen molar-refractivity contribution in [2.75, 3.05) is 33.0 Å². The lowest BCUT2D eigenvalue weighted by Gasteiger charge is -2.09. The zero-order chi connectivity index (χ0) is 10.6. The molecule has 4 heteroatoms. The average Bonchev–Trinajstić information content (AvgIpc) is 2.22. The molecule has 0 N–H and O–H groups in total. The Labute approximate surface area is 92.5 Å². The average molecular weight is 218 g/mol. The van der Waals surface area contributed by atoms with Gasteiger partial charge in [0.15, 0.2) is 0 Å². The summed E-state index contributed by atoms with van der Waals surface area (Å²) in [6.45, 7) is 10.00. The van der Waals surface area contributed by atoms with E-state index in [9.17, 15) is 0 Å². The minimum Gasteiger partial charge on any atom is -0.499 e. The molecule has 0 atom stereocenters. The van der Waals surface area contributed by atoms with E-state index < -0.39 is 14.5 Å². The molecule has 0 saturated carbocycles. The Hall–Kier alpha value is 0.412. The molecule has 0 aromatic rings. The molecule has 84 valence electrons. The summed E-state index contributed by atoms with van der Waals surface area (Å²) < 4.78 is 16.2. The van der Waals surface area contributed by atoms with Crippen molar-refractivity contribution >= 4 is 14.5 Å². The van der Waals surface area contributed by atoms with Crippen molar-refractivity contribution in [2.45, 2.75) is 31.3 Å². The summed E-state index contributed by atoms with van der Waals surface area (Å²) in [5, 5.41) is 2.44. The molecule has 0 amide bonds. The van der Waals surface area contributed by atoms with Gasteiger partial charge >= 0.3 is 14.5 Å². The predicted octanol–water partition coefficient (Wildman–Crippen LogP) is 2.09. The van der Waals surface area contributed by atoms with Crippen LogP contribution in [-0.2, 0) is 13.3 Å². The fourth-order valence-electron chi connectivity index (χ4n) is 1.16. The molecule has 0 aliphatic rings. The lowest BCUT2D eigenvalue weighted by Crippen LogP contribution is -2.19. The molecular weight excluding hydrogens is 195 g/mol. The maximum atomic E-state index is 5.72. The third-order valence-corrected chi connectivity index (χ3v) is 4.60. The molecule has 0 fully saturated rings. The first-order valence-electron chi connectivity index (χ1n) is 5.62. The highest BCUT2D eigenvalue weighted by molar-refractivity contribution is 6.51. The molecule has 0 bridgehead atoms. The Morgan fingerprint density at radius 2 is 1.36 bits per heavy atom. The van der Waals surface area contributed by atoms with Crippen LogP contribution in [0.2, 0.25) is 10.6 Å². The van der Waals surface area contributed by atoms with Crippen LogP contribution in [0.15, 0.2) is 0 Å². The van der Waals surface area contributed by atoms with Crippen LogP contribution in [0, 0.1) is 0 Å². The maximum absolute atomic E-state index is 5.72. The molecule has 14 heavy (non-hydrogen) atoms. The maximum Gasteiger partial charge on any atom is 0.460 e. The van der Waals surface area contributed by atoms with Crippen molar-refractivity contribution in [1.29, 1.82) is 0 Å². The summed E-state index contributed by atoms with van der Waals surface area (Å²) in [4.78, 5) is 0. The third-order valence-electron chi connectivity index (χ3n) is 2.07. The van der Waals surface area contributed by atoms with E-state index >= 15 is 0 Å². The van der Waals surface area contributed by atoms with Gasteiger partial charge in [0.25, 0.3) is 0 Å². The molecule has 0 saturated heterocycles. The molecule has 0 spiro atoms. The van der Waals surface area contributed by atoms with Crippen molar-refractivity contribution < 1.29 is 13.3 Å². The van der Waals surface area contributed by atoms with Gasteiger partial charge in [-0.2, -0.15) is 0 Å². The molecule has 0 rings (SSSR count). The van der Waals surface area contributed by atoms with Gasteiger partial charge in [-0.1, -0.05) is 24.4 Å². The van der Waals surface area contributed by atoms with E-state index in [4.69, 9.17) is 13.3 Å². The quantitative estimate of drug-likeness (QED) is 0.415. The van der Waals surface area contributed by atoms with Gasteiger partial charge in [-0.15, -0.1) is 0 Å². The summed E-state index contributed by atoms with van der Waals surface area (Å²) in [5.74, 6) is 0. The van der Waals surface area contributed by atoms with E-state index in [1.807, 2.05) is 6.92 Å². The van der Waals surface area contributed by atoms with Crippen molar-refractivity contribution in [3.63, 3.8) is 0 Å². The molecule has 0 aromatic carbocycles. The molecule has 3 nitrogen and oxygen atoms in total. The van der Waals surface area contributed by atoms with E-state index in [0.717, 1.165) is 13.2 Å². The summed E-state index contributed by atoms with van der Waals surface area (Å²) >= 11 is -0.868. The normalized spacial score (nSPS) is 10.5. The lowest BCUT2D eigenvalue weighted by molar-refractivity contribution is 0.0401. The van der Waals surface area contributed by atoms with Gasteiger partial charge < -0.3 is 13.3 Å². The Morgan fingerprint density at radius 3 is 1.93 bits per heavy atom. The SMILES string of the molecule is CCOCCOCC[O][Al]([CH2]C)[CH2]C. The summed E-state index contributed by atoms with van der Waals surface area (Å²) in [6.07, 6.45) is 0. The van der Waals surface area contributed by atoms with Crippen molar-refractivity contribution in [3.05, 3.63) is 0 Å². The van der Waals surface area contributed by atoms with Gasteiger partial charge in [0.2, 0.25) is 0 Å². The zero-order valence-electron chi connectivity index (χ0n) is 9.75. The highest BCUT2D eigenvalue weighted by Gasteiger charge is 2.13. The van der Waals surface area contributed by atoms with E-state index in [1.165, 1.54) is 10.6 Å². The zero-order valence-corrected chi connectivity index (χ0v) is 10.9.